The molecule has 1 amide bonds. The summed E-state index contributed by atoms with van der Waals surface area (Å²) in [6.07, 6.45) is 4.01. The predicted octanol–water partition coefficient (Wildman–Crippen LogP) is 3.91. The van der Waals surface area contributed by atoms with Gasteiger partial charge in [-0.25, -0.2) is 4.98 Å². The second-order valence-corrected chi connectivity index (χ2v) is 6.80. The van der Waals surface area contributed by atoms with Gasteiger partial charge in [-0.3, -0.25) is 9.48 Å². The Morgan fingerprint density at radius 3 is 2.48 bits per heavy atom. The first-order chi connectivity index (χ1) is 12.9. The molecular formula is C21H21N5O. The summed E-state index contributed by atoms with van der Waals surface area (Å²) >= 11 is 0. The highest BCUT2D eigenvalue weighted by Gasteiger charge is 2.17. The fourth-order valence-corrected chi connectivity index (χ4v) is 3.24. The van der Waals surface area contributed by atoms with Crippen LogP contribution in [0.25, 0.3) is 16.9 Å². The van der Waals surface area contributed by atoms with Crippen LogP contribution < -0.4 is 5.32 Å². The summed E-state index contributed by atoms with van der Waals surface area (Å²) in [6, 6.07) is 11.8. The molecule has 27 heavy (non-hydrogen) atoms. The number of anilines is 1. The second kappa shape index (κ2) is 6.39. The van der Waals surface area contributed by atoms with E-state index < -0.39 is 0 Å². The van der Waals surface area contributed by atoms with Gasteiger partial charge in [-0.05, 0) is 50.6 Å². The van der Waals surface area contributed by atoms with Gasteiger partial charge in [0.2, 0.25) is 0 Å². The van der Waals surface area contributed by atoms with Gasteiger partial charge in [0.15, 0.2) is 0 Å². The van der Waals surface area contributed by atoms with Gasteiger partial charge in [0.05, 0.1) is 17.0 Å². The Hall–Kier alpha value is -3.41. The van der Waals surface area contributed by atoms with Crippen LogP contribution in [0.1, 0.15) is 27.3 Å². The van der Waals surface area contributed by atoms with Crippen molar-refractivity contribution in [3.63, 3.8) is 0 Å². The number of amides is 1. The van der Waals surface area contributed by atoms with Gasteiger partial charge in [0, 0.05) is 36.4 Å². The zero-order valence-electron chi connectivity index (χ0n) is 15.8. The van der Waals surface area contributed by atoms with Crippen molar-refractivity contribution in [2.75, 3.05) is 5.32 Å². The molecule has 3 aromatic heterocycles. The number of nitrogens with zero attached hydrogens (tertiary/aromatic N) is 4. The monoisotopic (exact) mass is 359 g/mol. The highest BCUT2D eigenvalue weighted by molar-refractivity contribution is 6.05. The van der Waals surface area contributed by atoms with E-state index in [-0.39, 0.29) is 5.91 Å². The van der Waals surface area contributed by atoms with E-state index in [1.165, 1.54) is 5.56 Å². The lowest BCUT2D eigenvalue weighted by molar-refractivity contribution is 0.102. The lowest BCUT2D eigenvalue weighted by Gasteiger charge is -2.06. The van der Waals surface area contributed by atoms with Crippen LogP contribution in [0.15, 0.2) is 48.8 Å². The van der Waals surface area contributed by atoms with Crippen molar-refractivity contribution in [2.24, 2.45) is 7.05 Å². The number of aryl methyl sites for hydroxylation is 3. The number of rotatable bonds is 3. The van der Waals surface area contributed by atoms with Crippen LogP contribution in [-0.2, 0) is 7.05 Å². The molecule has 3 heterocycles. The average molecular weight is 359 g/mol. The first-order valence-corrected chi connectivity index (χ1v) is 8.80. The van der Waals surface area contributed by atoms with Crippen molar-refractivity contribution in [3.8, 4) is 11.3 Å². The first-order valence-electron chi connectivity index (χ1n) is 8.80. The number of pyridine rings is 1. The van der Waals surface area contributed by atoms with Crippen molar-refractivity contribution < 1.29 is 4.79 Å². The topological polar surface area (TPSA) is 64.2 Å². The van der Waals surface area contributed by atoms with Crippen molar-refractivity contribution in [2.45, 2.75) is 20.8 Å². The number of nitrogens with one attached hydrogen (secondary N) is 1. The largest absolute Gasteiger partial charge is 0.322 e. The number of fused-ring (bicyclic) bond motifs is 1. The van der Waals surface area contributed by atoms with E-state index in [1.807, 2.05) is 62.0 Å². The minimum atomic E-state index is -0.144. The SMILES string of the molecule is Cc1ccn2cc(-c3ccc(NC(=O)c4c(C)nn(C)c4C)cc3)nc2c1. The fourth-order valence-electron chi connectivity index (χ4n) is 3.24. The van der Waals surface area contributed by atoms with Crippen molar-refractivity contribution >= 4 is 17.2 Å². The van der Waals surface area contributed by atoms with Crippen LogP contribution in [0.5, 0.6) is 0 Å². The molecule has 0 bridgehead atoms. The molecule has 0 aliphatic rings. The van der Waals surface area contributed by atoms with Gasteiger partial charge < -0.3 is 9.72 Å². The summed E-state index contributed by atoms with van der Waals surface area (Å²) < 4.78 is 3.73. The van der Waals surface area contributed by atoms with Crippen LogP contribution >= 0.6 is 0 Å². The summed E-state index contributed by atoms with van der Waals surface area (Å²) in [6.45, 7) is 5.79. The quantitative estimate of drug-likeness (QED) is 0.603. The van der Waals surface area contributed by atoms with Gasteiger partial charge in [-0.15, -0.1) is 0 Å². The number of aromatic nitrogens is 4. The number of imidazole rings is 1. The Morgan fingerprint density at radius 2 is 1.81 bits per heavy atom. The fraction of sp³-hybridized carbons (Fsp3) is 0.190. The number of carbonyl (C=O) groups is 1. The van der Waals surface area contributed by atoms with E-state index in [0.29, 0.717) is 5.56 Å². The summed E-state index contributed by atoms with van der Waals surface area (Å²) in [5.74, 6) is -0.144. The standard InChI is InChI=1S/C21H21N5O/c1-13-9-10-26-12-18(23-19(26)11-13)16-5-7-17(8-6-16)22-21(27)20-14(2)24-25(4)15(20)3/h5-12H,1-4H3,(H,22,27). The third kappa shape index (κ3) is 3.10. The lowest BCUT2D eigenvalue weighted by atomic mass is 10.1. The Labute approximate surface area is 157 Å². The first kappa shape index (κ1) is 17.0. The van der Waals surface area contributed by atoms with E-state index in [4.69, 9.17) is 0 Å². The Balaban J connectivity index is 1.57. The summed E-state index contributed by atoms with van der Waals surface area (Å²) in [7, 11) is 1.84. The Bertz CT molecular complexity index is 1150. The third-order valence-electron chi connectivity index (χ3n) is 4.79. The van der Waals surface area contributed by atoms with E-state index in [9.17, 15) is 4.79 Å². The van der Waals surface area contributed by atoms with Crippen LogP contribution in [0, 0.1) is 20.8 Å². The van der Waals surface area contributed by atoms with E-state index >= 15 is 0 Å². The molecule has 0 unspecified atom stereocenters. The van der Waals surface area contributed by atoms with E-state index in [2.05, 4.69) is 34.5 Å². The third-order valence-corrected chi connectivity index (χ3v) is 4.79. The van der Waals surface area contributed by atoms with Crippen LogP contribution in [-0.4, -0.2) is 25.1 Å². The number of benzene rings is 1. The van der Waals surface area contributed by atoms with Crippen LogP contribution in [0.3, 0.4) is 0 Å². The van der Waals surface area contributed by atoms with Gasteiger partial charge in [0.1, 0.15) is 5.65 Å². The zero-order valence-corrected chi connectivity index (χ0v) is 15.8. The molecule has 6 nitrogen and oxygen atoms in total. The maximum Gasteiger partial charge on any atom is 0.259 e. The molecule has 4 aromatic rings. The van der Waals surface area contributed by atoms with Crippen molar-refractivity contribution in [3.05, 3.63) is 71.3 Å². The molecule has 1 aromatic carbocycles. The molecule has 4 rings (SSSR count). The maximum atomic E-state index is 12.6. The molecular weight excluding hydrogens is 338 g/mol. The molecule has 6 heteroatoms. The van der Waals surface area contributed by atoms with Crippen LogP contribution in [0.2, 0.25) is 0 Å². The Morgan fingerprint density at radius 1 is 1.07 bits per heavy atom. The lowest BCUT2D eigenvalue weighted by Crippen LogP contribution is -2.14. The zero-order chi connectivity index (χ0) is 19.1. The van der Waals surface area contributed by atoms with E-state index in [1.54, 1.807) is 4.68 Å². The van der Waals surface area contributed by atoms with Gasteiger partial charge in [-0.1, -0.05) is 12.1 Å². The number of carbonyl (C=O) groups excluding carboxylic acids is 1. The minimum absolute atomic E-state index is 0.144. The van der Waals surface area contributed by atoms with Gasteiger partial charge >= 0.3 is 0 Å². The normalized spacial score (nSPS) is 11.1. The van der Waals surface area contributed by atoms with Crippen molar-refractivity contribution in [1.82, 2.24) is 19.2 Å². The second-order valence-electron chi connectivity index (χ2n) is 6.80. The molecule has 0 radical (unpaired) electrons. The van der Waals surface area contributed by atoms with Crippen molar-refractivity contribution in [1.29, 1.82) is 0 Å². The number of hydrogen-bond acceptors (Lipinski definition) is 3. The minimum Gasteiger partial charge on any atom is -0.322 e. The molecule has 1 N–H and O–H groups in total. The molecule has 0 fully saturated rings. The summed E-state index contributed by atoms with van der Waals surface area (Å²) in [4.78, 5) is 17.3. The molecule has 0 aliphatic carbocycles. The summed E-state index contributed by atoms with van der Waals surface area (Å²) in [5, 5.41) is 7.25. The van der Waals surface area contributed by atoms with Gasteiger partial charge in [-0.2, -0.15) is 5.10 Å². The highest BCUT2D eigenvalue weighted by Crippen LogP contribution is 2.22. The highest BCUT2D eigenvalue weighted by atomic mass is 16.1. The molecule has 0 saturated heterocycles. The summed E-state index contributed by atoms with van der Waals surface area (Å²) in [5.41, 5.74) is 6.94. The molecule has 0 atom stereocenters. The van der Waals surface area contributed by atoms with Crippen LogP contribution in [0.4, 0.5) is 5.69 Å². The molecule has 0 spiro atoms. The van der Waals surface area contributed by atoms with E-state index in [0.717, 1.165) is 34.0 Å². The average Bonchev–Trinajstić information content (AvgIpc) is 3.15. The molecule has 0 saturated carbocycles. The smallest absolute Gasteiger partial charge is 0.259 e. The predicted molar refractivity (Wildman–Crippen MR) is 106 cm³/mol. The van der Waals surface area contributed by atoms with Gasteiger partial charge in [0.25, 0.3) is 5.91 Å². The molecule has 136 valence electrons. The number of hydrogen-bond donors (Lipinski definition) is 1. The Kier molecular flexibility index (Phi) is 4.03. The maximum absolute atomic E-state index is 12.6. The molecule has 0 aliphatic heterocycles.